The zero-order chi connectivity index (χ0) is 29.1. The van der Waals surface area contributed by atoms with Gasteiger partial charge in [-0.05, 0) is 24.0 Å². The SMILES string of the molecule is CC.CC.CCC(C)(C)C(=O)N(Cc1ccccc1)OC.CCC(C)(C)C(=O)N(O)Cc1ccccc1. The topological polar surface area (TPSA) is 70.1 Å². The summed E-state index contributed by atoms with van der Waals surface area (Å²) in [7, 11) is 1.53. The Bertz CT molecular complexity index is 852. The summed E-state index contributed by atoms with van der Waals surface area (Å²) < 4.78 is 0. The molecule has 0 atom stereocenters. The first-order chi connectivity index (χ1) is 17.5. The lowest BCUT2D eigenvalue weighted by molar-refractivity contribution is -0.189. The van der Waals surface area contributed by atoms with Crippen molar-refractivity contribution in [3.8, 4) is 0 Å². The summed E-state index contributed by atoms with van der Waals surface area (Å²) in [5.74, 6) is -0.217. The van der Waals surface area contributed by atoms with Crippen LogP contribution in [0.15, 0.2) is 60.7 Å². The highest BCUT2D eigenvalue weighted by atomic mass is 16.7. The fourth-order valence-corrected chi connectivity index (χ4v) is 2.79. The molecular formula is C31H52N2O4. The van der Waals surface area contributed by atoms with Gasteiger partial charge in [-0.15, -0.1) is 0 Å². The molecule has 2 rings (SSSR count). The number of benzene rings is 2. The van der Waals surface area contributed by atoms with E-state index in [9.17, 15) is 14.8 Å². The number of amides is 2. The molecule has 0 aliphatic heterocycles. The van der Waals surface area contributed by atoms with Crippen molar-refractivity contribution >= 4 is 11.8 Å². The molecule has 210 valence electrons. The molecule has 0 heterocycles. The van der Waals surface area contributed by atoms with Crippen LogP contribution in [0.3, 0.4) is 0 Å². The van der Waals surface area contributed by atoms with Gasteiger partial charge in [0.15, 0.2) is 0 Å². The number of hydroxylamine groups is 4. The van der Waals surface area contributed by atoms with Gasteiger partial charge in [-0.25, -0.2) is 10.1 Å². The van der Waals surface area contributed by atoms with E-state index in [1.54, 1.807) is 0 Å². The summed E-state index contributed by atoms with van der Waals surface area (Å²) in [6, 6.07) is 19.3. The van der Waals surface area contributed by atoms with Crippen molar-refractivity contribution in [1.82, 2.24) is 10.1 Å². The first-order valence-electron chi connectivity index (χ1n) is 13.4. The van der Waals surface area contributed by atoms with Crippen LogP contribution in [0.5, 0.6) is 0 Å². The van der Waals surface area contributed by atoms with Gasteiger partial charge in [-0.1, -0.05) is 130 Å². The van der Waals surface area contributed by atoms with E-state index >= 15 is 0 Å². The molecule has 2 amide bonds. The maximum absolute atomic E-state index is 12.2. The van der Waals surface area contributed by atoms with Crippen molar-refractivity contribution in [2.75, 3.05) is 7.11 Å². The maximum Gasteiger partial charge on any atom is 0.252 e. The first kappa shape index (κ1) is 36.5. The average molecular weight is 517 g/mol. The lowest BCUT2D eigenvalue weighted by Crippen LogP contribution is -2.39. The smallest absolute Gasteiger partial charge is 0.252 e. The summed E-state index contributed by atoms with van der Waals surface area (Å²) in [6.45, 7) is 20.2. The third-order valence-electron chi connectivity index (χ3n) is 5.95. The molecule has 1 N–H and O–H groups in total. The van der Waals surface area contributed by atoms with Crippen LogP contribution in [-0.2, 0) is 27.5 Å². The number of carbonyl (C=O) groups excluding carboxylic acids is 2. The lowest BCUT2D eigenvalue weighted by Gasteiger charge is -2.29. The highest BCUT2D eigenvalue weighted by molar-refractivity contribution is 5.81. The third kappa shape index (κ3) is 13.4. The van der Waals surface area contributed by atoms with Crippen molar-refractivity contribution in [1.29, 1.82) is 0 Å². The van der Waals surface area contributed by atoms with E-state index in [-0.39, 0.29) is 23.8 Å². The second-order valence-corrected chi connectivity index (χ2v) is 9.33. The quantitative estimate of drug-likeness (QED) is 0.272. The van der Waals surface area contributed by atoms with Crippen LogP contribution in [-0.4, -0.2) is 34.3 Å². The van der Waals surface area contributed by atoms with Gasteiger partial charge in [-0.2, -0.15) is 0 Å². The van der Waals surface area contributed by atoms with Crippen LogP contribution in [0.1, 0.15) is 93.2 Å². The molecule has 0 fully saturated rings. The molecule has 0 aliphatic rings. The van der Waals surface area contributed by atoms with Gasteiger partial charge in [0.25, 0.3) is 11.8 Å². The Labute approximate surface area is 226 Å². The van der Waals surface area contributed by atoms with Crippen molar-refractivity contribution in [2.45, 2.75) is 95.2 Å². The van der Waals surface area contributed by atoms with Gasteiger partial charge in [0.05, 0.1) is 20.2 Å². The molecule has 0 unspecified atom stereocenters. The third-order valence-corrected chi connectivity index (χ3v) is 5.95. The fraction of sp³-hybridized carbons (Fsp3) is 0.548. The standard InChI is InChI=1S/C14H21NO2.C13H19NO2.2C2H6/c1-5-14(2,3)13(16)15(17-4)11-12-9-7-6-8-10-12;1-4-13(2,3)12(15)14(16)10-11-8-6-5-7-9-11;2*1-2/h6-10H,5,11H2,1-4H3;5-9,16H,4,10H2,1-3H3;2*1-2H3. The Kier molecular flexibility index (Phi) is 19.1. The van der Waals surface area contributed by atoms with Gasteiger partial charge in [0.1, 0.15) is 0 Å². The molecule has 2 aromatic carbocycles. The lowest BCUT2D eigenvalue weighted by atomic mass is 9.89. The van der Waals surface area contributed by atoms with Gasteiger partial charge < -0.3 is 0 Å². The van der Waals surface area contributed by atoms with Gasteiger partial charge in [0.2, 0.25) is 0 Å². The van der Waals surface area contributed by atoms with Crippen LogP contribution in [0.2, 0.25) is 0 Å². The summed E-state index contributed by atoms with van der Waals surface area (Å²) in [4.78, 5) is 29.3. The minimum atomic E-state index is -0.510. The van der Waals surface area contributed by atoms with Gasteiger partial charge in [0, 0.05) is 10.8 Å². The Hall–Kier alpha value is -2.70. The Morgan fingerprint density at radius 2 is 1.05 bits per heavy atom. The molecule has 0 spiro atoms. The van der Waals surface area contributed by atoms with Crippen molar-refractivity contribution in [3.63, 3.8) is 0 Å². The summed E-state index contributed by atoms with van der Waals surface area (Å²) in [5.41, 5.74) is 1.09. The number of hydrogen-bond acceptors (Lipinski definition) is 4. The van der Waals surface area contributed by atoms with E-state index in [0.717, 1.165) is 22.6 Å². The van der Waals surface area contributed by atoms with Crippen molar-refractivity contribution < 1.29 is 19.6 Å². The zero-order valence-corrected chi connectivity index (χ0v) is 25.2. The van der Waals surface area contributed by atoms with Crippen LogP contribution >= 0.6 is 0 Å². The van der Waals surface area contributed by atoms with Gasteiger partial charge in [-0.3, -0.25) is 19.6 Å². The van der Waals surface area contributed by atoms with Crippen LogP contribution in [0, 0.1) is 10.8 Å². The second-order valence-electron chi connectivity index (χ2n) is 9.33. The monoisotopic (exact) mass is 516 g/mol. The van der Waals surface area contributed by atoms with Gasteiger partial charge >= 0.3 is 0 Å². The minimum absolute atomic E-state index is 0.0198. The van der Waals surface area contributed by atoms with E-state index < -0.39 is 5.41 Å². The Morgan fingerprint density at radius 3 is 1.41 bits per heavy atom. The zero-order valence-electron chi connectivity index (χ0n) is 25.2. The van der Waals surface area contributed by atoms with Crippen molar-refractivity contribution in [3.05, 3.63) is 71.8 Å². The van der Waals surface area contributed by atoms with Crippen LogP contribution in [0.4, 0.5) is 0 Å². The normalized spacial score (nSPS) is 10.4. The molecule has 6 nitrogen and oxygen atoms in total. The Morgan fingerprint density at radius 1 is 0.703 bits per heavy atom. The highest BCUT2D eigenvalue weighted by Gasteiger charge is 2.31. The number of hydrogen-bond donors (Lipinski definition) is 1. The van der Waals surface area contributed by atoms with Crippen LogP contribution < -0.4 is 0 Å². The highest BCUT2D eigenvalue weighted by Crippen LogP contribution is 2.24. The summed E-state index contributed by atoms with van der Waals surface area (Å²) in [5, 5.41) is 12.0. The summed E-state index contributed by atoms with van der Waals surface area (Å²) >= 11 is 0. The first-order valence-corrected chi connectivity index (χ1v) is 13.4. The maximum atomic E-state index is 12.2. The molecule has 0 radical (unpaired) electrons. The molecule has 2 aromatic rings. The molecular weight excluding hydrogens is 464 g/mol. The number of carbonyl (C=O) groups is 2. The molecule has 0 bridgehead atoms. The second kappa shape index (κ2) is 19.4. The largest absolute Gasteiger partial charge is 0.286 e. The van der Waals surface area contributed by atoms with E-state index in [2.05, 4.69) is 0 Å². The van der Waals surface area contributed by atoms with Crippen molar-refractivity contribution in [2.24, 2.45) is 10.8 Å². The van der Waals surface area contributed by atoms with E-state index in [4.69, 9.17) is 4.84 Å². The predicted molar refractivity (Wildman–Crippen MR) is 154 cm³/mol. The average Bonchev–Trinajstić information content (AvgIpc) is 2.94. The molecule has 0 aromatic heterocycles. The van der Waals surface area contributed by atoms with E-state index in [0.29, 0.717) is 13.0 Å². The predicted octanol–water partition coefficient (Wildman–Crippen LogP) is 7.91. The molecule has 0 saturated heterocycles. The van der Waals surface area contributed by atoms with Crippen LogP contribution in [0.25, 0.3) is 0 Å². The molecule has 37 heavy (non-hydrogen) atoms. The number of rotatable bonds is 9. The Balaban J connectivity index is 0. The summed E-state index contributed by atoms with van der Waals surface area (Å²) in [6.07, 6.45) is 1.50. The minimum Gasteiger partial charge on any atom is -0.286 e. The van der Waals surface area contributed by atoms with E-state index in [1.165, 1.54) is 12.2 Å². The van der Waals surface area contributed by atoms with E-state index in [1.807, 2.05) is 130 Å². The molecule has 6 heteroatoms. The molecule has 0 saturated carbocycles. The fourth-order valence-electron chi connectivity index (χ4n) is 2.79. The number of nitrogens with zero attached hydrogens (tertiary/aromatic N) is 2. The molecule has 0 aliphatic carbocycles.